The van der Waals surface area contributed by atoms with E-state index in [9.17, 15) is 0 Å². The molecular formula is C12H23N. The maximum Gasteiger partial charge on any atom is 0.0131 e. The molecule has 0 aromatic rings. The lowest BCUT2D eigenvalue weighted by Gasteiger charge is -2.24. The first-order chi connectivity index (χ1) is 5.91. The summed E-state index contributed by atoms with van der Waals surface area (Å²) in [4.78, 5) is 2.27. The molecule has 0 aliphatic heterocycles. The van der Waals surface area contributed by atoms with Gasteiger partial charge in [-0.3, -0.25) is 0 Å². The molecule has 0 bridgehead atoms. The quantitative estimate of drug-likeness (QED) is 0.637. The van der Waals surface area contributed by atoms with Crippen molar-refractivity contribution >= 4 is 0 Å². The fraction of sp³-hybridized carbons (Fsp3) is 0.667. The van der Waals surface area contributed by atoms with Gasteiger partial charge in [-0.25, -0.2) is 0 Å². The van der Waals surface area contributed by atoms with E-state index in [0.29, 0.717) is 0 Å². The Morgan fingerprint density at radius 1 is 0.923 bits per heavy atom. The van der Waals surface area contributed by atoms with Crippen molar-refractivity contribution < 1.29 is 0 Å². The summed E-state index contributed by atoms with van der Waals surface area (Å²) in [5.41, 5.74) is 5.57. The molecule has 76 valence electrons. The van der Waals surface area contributed by atoms with Gasteiger partial charge in [0.25, 0.3) is 0 Å². The number of hydrogen-bond acceptors (Lipinski definition) is 1. The third kappa shape index (κ3) is 3.25. The van der Waals surface area contributed by atoms with Gasteiger partial charge in [-0.05, 0) is 41.0 Å². The van der Waals surface area contributed by atoms with Gasteiger partial charge in [0.1, 0.15) is 0 Å². The summed E-state index contributed by atoms with van der Waals surface area (Å²) in [7, 11) is 2.14. The van der Waals surface area contributed by atoms with Gasteiger partial charge >= 0.3 is 0 Å². The van der Waals surface area contributed by atoms with E-state index in [-0.39, 0.29) is 0 Å². The van der Waals surface area contributed by atoms with Crippen LogP contribution in [-0.4, -0.2) is 11.9 Å². The summed E-state index contributed by atoms with van der Waals surface area (Å²) < 4.78 is 0. The van der Waals surface area contributed by atoms with Crippen molar-refractivity contribution in [3.63, 3.8) is 0 Å². The van der Waals surface area contributed by atoms with Crippen molar-refractivity contribution in [3.8, 4) is 0 Å². The highest BCUT2D eigenvalue weighted by Gasteiger charge is 2.04. The smallest absolute Gasteiger partial charge is 0.0131 e. The van der Waals surface area contributed by atoms with Crippen LogP contribution in [0.15, 0.2) is 22.5 Å². The molecule has 0 unspecified atom stereocenters. The minimum absolute atomic E-state index is 1.13. The van der Waals surface area contributed by atoms with Crippen LogP contribution in [0.25, 0.3) is 0 Å². The first kappa shape index (κ1) is 12.3. The van der Waals surface area contributed by atoms with Gasteiger partial charge in [-0.2, -0.15) is 0 Å². The SMILES string of the molecule is CC/C(C)=C(\C)N(C)C(C)=C(C)C. The van der Waals surface area contributed by atoms with Crippen LogP contribution in [0.4, 0.5) is 0 Å². The second-order valence-electron chi connectivity index (χ2n) is 3.86. The van der Waals surface area contributed by atoms with E-state index in [1.165, 1.54) is 22.5 Å². The molecule has 0 fully saturated rings. The lowest BCUT2D eigenvalue weighted by atomic mass is 10.1. The molecule has 1 nitrogen and oxygen atoms in total. The maximum absolute atomic E-state index is 2.27. The summed E-state index contributed by atoms with van der Waals surface area (Å²) in [6.07, 6.45) is 1.13. The molecule has 0 saturated heterocycles. The largest absolute Gasteiger partial charge is 0.352 e. The highest BCUT2D eigenvalue weighted by atomic mass is 15.1. The average Bonchev–Trinajstić information content (AvgIpc) is 2.12. The monoisotopic (exact) mass is 181 g/mol. The van der Waals surface area contributed by atoms with Gasteiger partial charge in [0, 0.05) is 18.4 Å². The van der Waals surface area contributed by atoms with E-state index in [2.05, 4.69) is 53.5 Å². The Hall–Kier alpha value is -0.720. The second-order valence-corrected chi connectivity index (χ2v) is 3.86. The van der Waals surface area contributed by atoms with Crippen LogP contribution in [0.1, 0.15) is 48.0 Å². The van der Waals surface area contributed by atoms with Crippen LogP contribution in [0.5, 0.6) is 0 Å². The summed E-state index contributed by atoms with van der Waals surface area (Å²) in [5, 5.41) is 0. The molecule has 0 aliphatic carbocycles. The van der Waals surface area contributed by atoms with Crippen LogP contribution < -0.4 is 0 Å². The predicted octanol–water partition coefficient (Wildman–Crippen LogP) is 3.94. The first-order valence-corrected chi connectivity index (χ1v) is 4.96. The zero-order valence-corrected chi connectivity index (χ0v) is 10.2. The van der Waals surface area contributed by atoms with Gasteiger partial charge in [0.05, 0.1) is 0 Å². The van der Waals surface area contributed by atoms with Crippen molar-refractivity contribution in [3.05, 3.63) is 22.5 Å². The molecular weight excluding hydrogens is 158 g/mol. The van der Waals surface area contributed by atoms with Crippen molar-refractivity contribution in [2.75, 3.05) is 7.05 Å². The van der Waals surface area contributed by atoms with Gasteiger partial charge in [-0.15, -0.1) is 0 Å². The molecule has 13 heavy (non-hydrogen) atoms. The Balaban J connectivity index is 4.82. The van der Waals surface area contributed by atoms with E-state index in [4.69, 9.17) is 0 Å². The molecule has 1 heteroatoms. The molecule has 0 rings (SSSR count). The standard InChI is InChI=1S/C12H23N/c1-8-10(4)12(6)13(7)11(5)9(2)3/h8H2,1-7H3/b12-10+. The van der Waals surface area contributed by atoms with E-state index in [0.717, 1.165) is 6.42 Å². The highest BCUT2D eigenvalue weighted by molar-refractivity contribution is 5.17. The van der Waals surface area contributed by atoms with Crippen LogP contribution >= 0.6 is 0 Å². The van der Waals surface area contributed by atoms with Crippen molar-refractivity contribution in [1.29, 1.82) is 0 Å². The Labute approximate surface area is 83.1 Å². The molecule has 0 amide bonds. The summed E-state index contributed by atoms with van der Waals surface area (Å²) >= 11 is 0. The van der Waals surface area contributed by atoms with Gasteiger partial charge in [0.15, 0.2) is 0 Å². The Morgan fingerprint density at radius 2 is 1.38 bits per heavy atom. The Kier molecular flexibility index (Phi) is 4.82. The maximum atomic E-state index is 2.27. The van der Waals surface area contributed by atoms with Crippen LogP contribution in [0, 0.1) is 0 Å². The zero-order valence-electron chi connectivity index (χ0n) is 10.2. The topological polar surface area (TPSA) is 3.24 Å². The minimum atomic E-state index is 1.13. The first-order valence-electron chi connectivity index (χ1n) is 4.96. The summed E-state index contributed by atoms with van der Waals surface area (Å²) in [5.74, 6) is 0. The Bertz CT molecular complexity index is 230. The second kappa shape index (κ2) is 5.11. The number of hydrogen-bond donors (Lipinski definition) is 0. The van der Waals surface area contributed by atoms with Crippen molar-refractivity contribution in [2.45, 2.75) is 48.0 Å². The van der Waals surface area contributed by atoms with E-state index < -0.39 is 0 Å². The molecule has 0 atom stereocenters. The normalized spacial score (nSPS) is 12.2. The molecule has 0 radical (unpaired) electrons. The molecule has 0 heterocycles. The van der Waals surface area contributed by atoms with Crippen molar-refractivity contribution in [1.82, 2.24) is 4.90 Å². The van der Waals surface area contributed by atoms with Gasteiger partial charge < -0.3 is 4.90 Å². The van der Waals surface area contributed by atoms with Crippen LogP contribution in [0.2, 0.25) is 0 Å². The van der Waals surface area contributed by atoms with Crippen molar-refractivity contribution in [2.24, 2.45) is 0 Å². The average molecular weight is 181 g/mol. The zero-order chi connectivity index (χ0) is 10.6. The third-order valence-corrected chi connectivity index (χ3v) is 2.88. The van der Waals surface area contributed by atoms with Crippen LogP contribution in [-0.2, 0) is 0 Å². The predicted molar refractivity (Wildman–Crippen MR) is 60.5 cm³/mol. The fourth-order valence-corrected chi connectivity index (χ4v) is 1.13. The highest BCUT2D eigenvalue weighted by Crippen LogP contribution is 2.17. The van der Waals surface area contributed by atoms with Crippen LogP contribution in [0.3, 0.4) is 0 Å². The number of nitrogens with zero attached hydrogens (tertiary/aromatic N) is 1. The summed E-state index contributed by atoms with van der Waals surface area (Å²) in [6.45, 7) is 13.1. The molecule has 0 aliphatic rings. The van der Waals surface area contributed by atoms with E-state index >= 15 is 0 Å². The van der Waals surface area contributed by atoms with Gasteiger partial charge in [-0.1, -0.05) is 18.1 Å². The Morgan fingerprint density at radius 3 is 1.69 bits per heavy atom. The van der Waals surface area contributed by atoms with E-state index in [1.54, 1.807) is 0 Å². The van der Waals surface area contributed by atoms with Gasteiger partial charge in [0.2, 0.25) is 0 Å². The molecule has 0 N–H and O–H groups in total. The number of allylic oxidation sites excluding steroid dienone is 4. The molecule has 0 spiro atoms. The van der Waals surface area contributed by atoms with E-state index in [1.807, 2.05) is 0 Å². The number of rotatable bonds is 3. The lowest BCUT2D eigenvalue weighted by Crippen LogP contribution is -2.15. The fourth-order valence-electron chi connectivity index (χ4n) is 1.13. The lowest BCUT2D eigenvalue weighted by molar-refractivity contribution is 0.505. The third-order valence-electron chi connectivity index (χ3n) is 2.88. The molecule has 0 saturated carbocycles. The molecule has 0 aromatic carbocycles. The molecule has 0 aromatic heterocycles. The minimum Gasteiger partial charge on any atom is -0.352 e. The summed E-state index contributed by atoms with van der Waals surface area (Å²) in [6, 6.07) is 0.